The molecule has 15 heavy (non-hydrogen) atoms. The van der Waals surface area contributed by atoms with Gasteiger partial charge in [0.1, 0.15) is 0 Å². The number of fused-ring (bicyclic) bond motifs is 1. The van der Waals surface area contributed by atoms with Gasteiger partial charge in [0.05, 0.1) is 0 Å². The standard InChI is InChI=1S/C13H26N2/c1-3-11(4-2)8-15-9-12-6-5-7-14-13(12)10-15/h11-14H,3-10H2,1-2H3/t12-,13+/m0/s1. The van der Waals surface area contributed by atoms with Gasteiger partial charge < -0.3 is 10.2 Å². The monoisotopic (exact) mass is 210 g/mol. The van der Waals surface area contributed by atoms with E-state index in [4.69, 9.17) is 0 Å². The minimum atomic E-state index is 0.813. The van der Waals surface area contributed by atoms with Crippen LogP contribution in [-0.4, -0.2) is 37.1 Å². The fourth-order valence-electron chi connectivity index (χ4n) is 3.20. The van der Waals surface area contributed by atoms with Crippen LogP contribution >= 0.6 is 0 Å². The highest BCUT2D eigenvalue weighted by Gasteiger charge is 2.34. The van der Waals surface area contributed by atoms with E-state index in [0.717, 1.165) is 17.9 Å². The Kier molecular flexibility index (Phi) is 4.04. The molecule has 0 unspecified atom stereocenters. The first-order valence-corrected chi connectivity index (χ1v) is 6.79. The molecule has 2 heteroatoms. The average molecular weight is 210 g/mol. The smallest absolute Gasteiger partial charge is 0.0235 e. The van der Waals surface area contributed by atoms with E-state index >= 15 is 0 Å². The molecule has 0 aliphatic carbocycles. The highest BCUT2D eigenvalue weighted by molar-refractivity contribution is 4.92. The minimum Gasteiger partial charge on any atom is -0.312 e. The molecule has 2 rings (SSSR count). The van der Waals surface area contributed by atoms with E-state index in [9.17, 15) is 0 Å². The third-order valence-corrected chi connectivity index (χ3v) is 4.35. The summed E-state index contributed by atoms with van der Waals surface area (Å²) in [6.45, 7) is 9.90. The summed E-state index contributed by atoms with van der Waals surface area (Å²) in [5.74, 6) is 1.87. The van der Waals surface area contributed by atoms with E-state index in [2.05, 4.69) is 24.1 Å². The van der Waals surface area contributed by atoms with Crippen LogP contribution in [0, 0.1) is 11.8 Å². The molecule has 0 aromatic heterocycles. The van der Waals surface area contributed by atoms with E-state index in [1.165, 1.54) is 51.9 Å². The average Bonchev–Trinajstić information content (AvgIpc) is 2.68. The van der Waals surface area contributed by atoms with Crippen LogP contribution < -0.4 is 5.32 Å². The van der Waals surface area contributed by atoms with Crippen molar-refractivity contribution >= 4 is 0 Å². The third-order valence-electron chi connectivity index (χ3n) is 4.35. The molecule has 2 nitrogen and oxygen atoms in total. The van der Waals surface area contributed by atoms with Crippen molar-refractivity contribution in [2.75, 3.05) is 26.2 Å². The molecule has 2 aliphatic rings. The lowest BCUT2D eigenvalue weighted by atomic mass is 9.94. The zero-order chi connectivity index (χ0) is 10.7. The third kappa shape index (κ3) is 2.73. The van der Waals surface area contributed by atoms with Crippen molar-refractivity contribution < 1.29 is 0 Å². The summed E-state index contributed by atoms with van der Waals surface area (Å²) in [5, 5.41) is 3.68. The van der Waals surface area contributed by atoms with Crippen LogP contribution in [0.2, 0.25) is 0 Å². The van der Waals surface area contributed by atoms with Crippen molar-refractivity contribution in [1.82, 2.24) is 10.2 Å². The molecule has 2 saturated heterocycles. The van der Waals surface area contributed by atoms with Gasteiger partial charge in [0, 0.05) is 25.7 Å². The second-order valence-electron chi connectivity index (χ2n) is 5.36. The van der Waals surface area contributed by atoms with Crippen molar-refractivity contribution in [1.29, 1.82) is 0 Å². The van der Waals surface area contributed by atoms with Crippen molar-refractivity contribution in [3.8, 4) is 0 Å². The zero-order valence-electron chi connectivity index (χ0n) is 10.3. The zero-order valence-corrected chi connectivity index (χ0v) is 10.3. The maximum Gasteiger partial charge on any atom is 0.0235 e. The topological polar surface area (TPSA) is 15.3 Å². The SMILES string of the molecule is CCC(CC)CN1C[C@@H]2CCCN[C@@H]2C1. The fourth-order valence-corrected chi connectivity index (χ4v) is 3.20. The van der Waals surface area contributed by atoms with Gasteiger partial charge in [0.25, 0.3) is 0 Å². The van der Waals surface area contributed by atoms with Crippen LogP contribution in [0.5, 0.6) is 0 Å². The number of likely N-dealkylation sites (tertiary alicyclic amines) is 1. The van der Waals surface area contributed by atoms with Crippen LogP contribution in [0.1, 0.15) is 39.5 Å². The molecule has 2 fully saturated rings. The second-order valence-corrected chi connectivity index (χ2v) is 5.36. The maximum absolute atomic E-state index is 3.68. The first-order chi connectivity index (χ1) is 7.33. The van der Waals surface area contributed by atoms with E-state index in [-0.39, 0.29) is 0 Å². The summed E-state index contributed by atoms with van der Waals surface area (Å²) in [7, 11) is 0. The molecule has 0 spiro atoms. The van der Waals surface area contributed by atoms with Crippen molar-refractivity contribution in [3.63, 3.8) is 0 Å². The Morgan fingerprint density at radius 3 is 2.73 bits per heavy atom. The van der Waals surface area contributed by atoms with Gasteiger partial charge in [-0.25, -0.2) is 0 Å². The Balaban J connectivity index is 1.80. The molecule has 2 aliphatic heterocycles. The van der Waals surface area contributed by atoms with Crippen molar-refractivity contribution in [2.45, 2.75) is 45.6 Å². The highest BCUT2D eigenvalue weighted by Crippen LogP contribution is 2.26. The van der Waals surface area contributed by atoms with Crippen LogP contribution in [0.25, 0.3) is 0 Å². The first kappa shape index (κ1) is 11.4. The van der Waals surface area contributed by atoms with Crippen molar-refractivity contribution in [2.24, 2.45) is 11.8 Å². The second kappa shape index (κ2) is 5.31. The van der Waals surface area contributed by atoms with Crippen LogP contribution in [0.4, 0.5) is 0 Å². The molecular formula is C13H26N2. The lowest BCUT2D eigenvalue weighted by molar-refractivity contribution is 0.258. The number of rotatable bonds is 4. The van der Waals surface area contributed by atoms with Gasteiger partial charge in [-0.15, -0.1) is 0 Å². The summed E-state index contributed by atoms with van der Waals surface area (Å²) < 4.78 is 0. The summed E-state index contributed by atoms with van der Waals surface area (Å²) in [6, 6.07) is 0.813. The van der Waals surface area contributed by atoms with E-state index < -0.39 is 0 Å². The molecule has 0 amide bonds. The van der Waals surface area contributed by atoms with Gasteiger partial charge in [-0.2, -0.15) is 0 Å². The largest absolute Gasteiger partial charge is 0.312 e. The highest BCUT2D eigenvalue weighted by atomic mass is 15.2. The van der Waals surface area contributed by atoms with Crippen LogP contribution in [0.15, 0.2) is 0 Å². The normalized spacial score (nSPS) is 32.2. The summed E-state index contributed by atoms with van der Waals surface area (Å²) >= 11 is 0. The van der Waals surface area contributed by atoms with Crippen LogP contribution in [-0.2, 0) is 0 Å². The Morgan fingerprint density at radius 1 is 1.27 bits per heavy atom. The molecule has 0 saturated carbocycles. The number of nitrogens with one attached hydrogen (secondary N) is 1. The van der Waals surface area contributed by atoms with Gasteiger partial charge in [-0.05, 0) is 31.2 Å². The maximum atomic E-state index is 3.68. The predicted octanol–water partition coefficient (Wildman–Crippen LogP) is 2.11. The molecule has 1 N–H and O–H groups in total. The lowest BCUT2D eigenvalue weighted by Gasteiger charge is -2.24. The first-order valence-electron chi connectivity index (χ1n) is 6.79. The molecule has 0 aromatic rings. The molecule has 0 radical (unpaired) electrons. The van der Waals surface area contributed by atoms with Gasteiger partial charge in [-0.1, -0.05) is 26.7 Å². The quantitative estimate of drug-likeness (QED) is 0.764. The molecule has 0 bridgehead atoms. The number of piperidine rings is 1. The number of hydrogen-bond donors (Lipinski definition) is 1. The van der Waals surface area contributed by atoms with Crippen LogP contribution in [0.3, 0.4) is 0 Å². The van der Waals surface area contributed by atoms with Crippen molar-refractivity contribution in [3.05, 3.63) is 0 Å². The number of hydrogen-bond acceptors (Lipinski definition) is 2. The number of nitrogens with zero attached hydrogens (tertiary/aromatic N) is 1. The summed E-state index contributed by atoms with van der Waals surface area (Å²) in [5.41, 5.74) is 0. The van der Waals surface area contributed by atoms with E-state index in [1.807, 2.05) is 0 Å². The Bertz CT molecular complexity index is 175. The predicted molar refractivity (Wildman–Crippen MR) is 65.0 cm³/mol. The molecular weight excluding hydrogens is 184 g/mol. The van der Waals surface area contributed by atoms with Gasteiger partial charge in [0.2, 0.25) is 0 Å². The molecule has 0 aromatic carbocycles. The van der Waals surface area contributed by atoms with Gasteiger partial charge in [-0.3, -0.25) is 0 Å². The molecule has 88 valence electrons. The molecule has 2 heterocycles. The fraction of sp³-hybridized carbons (Fsp3) is 1.00. The van der Waals surface area contributed by atoms with Gasteiger partial charge in [0.15, 0.2) is 0 Å². The van der Waals surface area contributed by atoms with E-state index in [1.54, 1.807) is 0 Å². The lowest BCUT2D eigenvalue weighted by Crippen LogP contribution is -2.40. The summed E-state index contributed by atoms with van der Waals surface area (Å²) in [4.78, 5) is 2.70. The van der Waals surface area contributed by atoms with Gasteiger partial charge >= 0.3 is 0 Å². The van der Waals surface area contributed by atoms with E-state index in [0.29, 0.717) is 0 Å². The minimum absolute atomic E-state index is 0.813. The molecule has 2 atom stereocenters. The Labute approximate surface area is 94.4 Å². The summed E-state index contributed by atoms with van der Waals surface area (Å²) in [6.07, 6.45) is 5.53. The Hall–Kier alpha value is -0.0800. The Morgan fingerprint density at radius 2 is 2.07 bits per heavy atom.